The van der Waals surface area contributed by atoms with Crippen LogP contribution in [0.1, 0.15) is 0 Å². The van der Waals surface area contributed by atoms with E-state index >= 15 is 0 Å². The van der Waals surface area contributed by atoms with Gasteiger partial charge in [-0.15, -0.1) is 0 Å². The molecule has 0 radical (unpaired) electrons. The van der Waals surface area contributed by atoms with E-state index in [1.807, 2.05) is 0 Å². The van der Waals surface area contributed by atoms with Crippen molar-refractivity contribution in [3.05, 3.63) is 46.8 Å². The van der Waals surface area contributed by atoms with Crippen molar-refractivity contribution in [3.63, 3.8) is 0 Å². The maximum atomic E-state index is 12.8. The van der Waals surface area contributed by atoms with Crippen molar-refractivity contribution in [2.24, 2.45) is 0 Å². The van der Waals surface area contributed by atoms with Gasteiger partial charge in [0.1, 0.15) is 30.3 Å². The summed E-state index contributed by atoms with van der Waals surface area (Å²) in [5, 5.41) is 7.69. The second kappa shape index (κ2) is 8.56. The molecule has 1 saturated heterocycles. The van der Waals surface area contributed by atoms with Crippen LogP contribution in [0, 0.1) is 0 Å². The summed E-state index contributed by atoms with van der Waals surface area (Å²) in [6.45, 7) is 4.21. The van der Waals surface area contributed by atoms with Crippen molar-refractivity contribution in [1.82, 2.24) is 14.9 Å². The van der Waals surface area contributed by atoms with Crippen LogP contribution in [0.3, 0.4) is 0 Å². The van der Waals surface area contributed by atoms with Crippen LogP contribution >= 0.6 is 0 Å². The highest BCUT2D eigenvalue weighted by Gasteiger charge is 2.25. The second-order valence-electron chi connectivity index (χ2n) is 7.35. The van der Waals surface area contributed by atoms with Crippen molar-refractivity contribution < 1.29 is 35.2 Å². The molecule has 9 nitrogen and oxygen atoms in total. The topological polar surface area (TPSA) is 115 Å². The normalized spacial score (nSPS) is 15.7. The molecule has 164 valence electrons. The third-order valence-corrected chi connectivity index (χ3v) is 6.94. The number of nitrogens with zero attached hydrogens (tertiary/aromatic N) is 1. The molecule has 31 heavy (non-hydrogen) atoms. The van der Waals surface area contributed by atoms with Gasteiger partial charge in [-0.25, -0.2) is 18.2 Å². The lowest BCUT2D eigenvalue weighted by atomic mass is 10.0. The number of hydrogen-bond donors (Lipinski definition) is 3. The fourth-order valence-corrected chi connectivity index (χ4v) is 4.95. The Labute approximate surface area is 184 Å². The van der Waals surface area contributed by atoms with Crippen molar-refractivity contribution >= 4 is 20.8 Å². The van der Waals surface area contributed by atoms with E-state index in [-0.39, 0.29) is 22.9 Å². The number of H-pyrrole nitrogens is 1. The molecule has 3 heterocycles. The maximum Gasteiger partial charge on any atom is 0.272 e. The molecule has 11 heteroatoms. The first-order chi connectivity index (χ1) is 14.5. The predicted octanol–water partition coefficient (Wildman–Crippen LogP) is -3.11. The first kappa shape index (κ1) is 21.7. The molecular weight excluding hydrogens is 444 g/mol. The smallest absolute Gasteiger partial charge is 0.272 e. The average Bonchev–Trinajstić information content (AvgIpc) is 2.76. The molecule has 0 spiro atoms. The summed E-state index contributed by atoms with van der Waals surface area (Å²) in [5.41, 5.74) is 0.701. The lowest BCUT2D eigenvalue weighted by Crippen LogP contribution is -3.14. The van der Waals surface area contributed by atoms with Crippen LogP contribution in [0.4, 0.5) is 0 Å². The molecule has 0 saturated carbocycles. The van der Waals surface area contributed by atoms with Gasteiger partial charge in [0.05, 0.1) is 42.0 Å². The third kappa shape index (κ3) is 4.04. The highest BCUT2D eigenvalue weighted by atomic mass is 35.5. The first-order valence-corrected chi connectivity index (χ1v) is 11.3. The number of benzene rings is 2. The van der Waals surface area contributed by atoms with E-state index in [0.717, 1.165) is 13.1 Å². The van der Waals surface area contributed by atoms with Crippen LogP contribution in [-0.2, 0) is 14.8 Å². The molecule has 1 aromatic heterocycles. The van der Waals surface area contributed by atoms with Crippen molar-refractivity contribution in [1.29, 1.82) is 0 Å². The van der Waals surface area contributed by atoms with E-state index < -0.39 is 10.0 Å². The summed E-state index contributed by atoms with van der Waals surface area (Å²) in [6.07, 6.45) is 0. The van der Waals surface area contributed by atoms with Crippen LogP contribution in [0.15, 0.2) is 46.1 Å². The van der Waals surface area contributed by atoms with E-state index in [9.17, 15) is 13.2 Å². The van der Waals surface area contributed by atoms with Gasteiger partial charge in [0.2, 0.25) is 10.0 Å². The molecule has 3 N–H and O–H groups in total. The minimum absolute atomic E-state index is 0. The Balaban J connectivity index is 0.00000231. The molecular formula is C20H21ClN4O5S. The maximum absolute atomic E-state index is 12.8. The first-order valence-electron chi connectivity index (χ1n) is 9.77. The predicted molar refractivity (Wildman–Crippen MR) is 109 cm³/mol. The molecule has 2 aromatic carbocycles. The molecule has 3 aromatic rings. The number of rotatable bonds is 5. The molecule has 0 bridgehead atoms. The average molecular weight is 465 g/mol. The van der Waals surface area contributed by atoms with Gasteiger partial charge in [0, 0.05) is 5.56 Å². The number of hydrogen-bond acceptors (Lipinski definition) is 6. The van der Waals surface area contributed by atoms with Gasteiger partial charge in [0.25, 0.3) is 5.56 Å². The molecule has 5 rings (SSSR count). The molecule has 0 amide bonds. The summed E-state index contributed by atoms with van der Waals surface area (Å²) >= 11 is 0. The van der Waals surface area contributed by atoms with Gasteiger partial charge in [-0.05, 0) is 30.3 Å². The number of morpholine rings is 1. The second-order valence-corrected chi connectivity index (χ2v) is 9.12. The molecule has 2 aliphatic heterocycles. The zero-order valence-electron chi connectivity index (χ0n) is 16.5. The third-order valence-electron chi connectivity index (χ3n) is 5.48. The zero-order valence-corrected chi connectivity index (χ0v) is 18.1. The standard InChI is InChI=1S/C20H20N4O5S.ClH/c25-20-14-2-1-3-17-18(14)19(22-23-20)15-12-13(4-5-16(15)29-17)30(26,27)21-6-7-24-8-10-28-11-9-24;/h1-5,12,21H,6-11H2,(H,23,25);1H. The number of aromatic amines is 1. The van der Waals surface area contributed by atoms with Gasteiger partial charge in [-0.3, -0.25) is 4.79 Å². The highest BCUT2D eigenvalue weighted by Crippen LogP contribution is 2.44. The number of aromatic nitrogens is 2. The van der Waals surface area contributed by atoms with Crippen molar-refractivity contribution in [3.8, 4) is 22.8 Å². The summed E-state index contributed by atoms with van der Waals surface area (Å²) in [4.78, 5) is 13.6. The summed E-state index contributed by atoms with van der Waals surface area (Å²) in [7, 11) is -3.70. The summed E-state index contributed by atoms with van der Waals surface area (Å²) in [5.74, 6) is 1.02. The van der Waals surface area contributed by atoms with Crippen LogP contribution < -0.4 is 32.3 Å². The zero-order chi connectivity index (χ0) is 20.7. The summed E-state index contributed by atoms with van der Waals surface area (Å²) in [6, 6.07) is 9.85. The minimum Gasteiger partial charge on any atom is -1.00 e. The fraction of sp³-hybridized carbons (Fsp3) is 0.300. The Kier molecular flexibility index (Phi) is 6.00. The monoisotopic (exact) mass is 464 g/mol. The van der Waals surface area contributed by atoms with E-state index in [1.165, 1.54) is 17.0 Å². The van der Waals surface area contributed by atoms with Crippen LogP contribution in [-0.4, -0.2) is 58.0 Å². The van der Waals surface area contributed by atoms with Crippen molar-refractivity contribution in [2.75, 3.05) is 39.4 Å². The van der Waals surface area contributed by atoms with E-state index in [0.29, 0.717) is 59.8 Å². The lowest BCUT2D eigenvalue weighted by Gasteiger charge is -2.23. The Morgan fingerprint density at radius 1 is 1.13 bits per heavy atom. The number of fused-ring (bicyclic) bond motifs is 2. The van der Waals surface area contributed by atoms with Gasteiger partial charge >= 0.3 is 0 Å². The van der Waals surface area contributed by atoms with Crippen LogP contribution in [0.5, 0.6) is 11.5 Å². The number of sulfonamides is 1. The highest BCUT2D eigenvalue weighted by molar-refractivity contribution is 7.89. The van der Waals surface area contributed by atoms with E-state index in [4.69, 9.17) is 9.47 Å². The Hall–Kier alpha value is -2.50. The van der Waals surface area contributed by atoms with Crippen LogP contribution in [0.25, 0.3) is 22.0 Å². The largest absolute Gasteiger partial charge is 1.00 e. The fourth-order valence-electron chi connectivity index (χ4n) is 3.89. The number of halogens is 1. The lowest BCUT2D eigenvalue weighted by molar-refractivity contribution is -0.906. The summed E-state index contributed by atoms with van der Waals surface area (Å²) < 4.78 is 39.6. The molecule has 0 aliphatic carbocycles. The quantitative estimate of drug-likeness (QED) is 0.288. The van der Waals surface area contributed by atoms with Gasteiger partial charge in [-0.1, -0.05) is 6.07 Å². The Morgan fingerprint density at radius 2 is 1.94 bits per heavy atom. The Morgan fingerprint density at radius 3 is 2.74 bits per heavy atom. The van der Waals surface area contributed by atoms with Gasteiger partial charge < -0.3 is 26.8 Å². The Bertz CT molecular complexity index is 1290. The van der Waals surface area contributed by atoms with Gasteiger partial charge in [0.15, 0.2) is 0 Å². The molecule has 0 atom stereocenters. The minimum atomic E-state index is -3.70. The number of nitrogens with one attached hydrogen (secondary N) is 3. The molecule has 2 aliphatic rings. The SMILES string of the molecule is O=c1[nH]nc2c3c(cccc13)Oc1ccc(S(=O)(=O)NCC[NH+]3CCOCC3)cc1-2.[Cl-]. The van der Waals surface area contributed by atoms with Gasteiger partial charge in [-0.2, -0.15) is 5.10 Å². The molecule has 1 fully saturated rings. The van der Waals surface area contributed by atoms with Crippen LogP contribution in [0.2, 0.25) is 0 Å². The van der Waals surface area contributed by atoms with Crippen molar-refractivity contribution in [2.45, 2.75) is 4.90 Å². The number of ether oxygens (including phenoxy) is 2. The number of quaternary nitrogens is 1. The van der Waals surface area contributed by atoms with E-state index in [1.54, 1.807) is 24.3 Å². The van der Waals surface area contributed by atoms with E-state index in [2.05, 4.69) is 14.9 Å². The molecule has 0 unspecified atom stereocenters.